The fourth-order valence-corrected chi connectivity index (χ4v) is 4.12. The summed E-state index contributed by atoms with van der Waals surface area (Å²) in [5.41, 5.74) is 3.71. The number of nitrogens with zero attached hydrogens (tertiary/aromatic N) is 1. The van der Waals surface area contributed by atoms with Crippen molar-refractivity contribution in [1.29, 1.82) is 0 Å². The van der Waals surface area contributed by atoms with E-state index in [0.29, 0.717) is 18.7 Å². The van der Waals surface area contributed by atoms with E-state index < -0.39 is 17.7 Å². The van der Waals surface area contributed by atoms with E-state index in [1.807, 2.05) is 43.3 Å². The van der Waals surface area contributed by atoms with Gasteiger partial charge in [0.15, 0.2) is 0 Å². The monoisotopic (exact) mass is 391 g/mol. The predicted octanol–water partition coefficient (Wildman–Crippen LogP) is 4.02. The molecule has 0 aromatic heterocycles. The number of ether oxygens (including phenoxy) is 1. The molecule has 2 aromatic carbocycles. The highest BCUT2D eigenvalue weighted by atomic mass is 16.5. The highest BCUT2D eigenvalue weighted by molar-refractivity contribution is 6.46. The zero-order valence-corrected chi connectivity index (χ0v) is 16.8. The normalized spacial score (nSPS) is 20.1. The van der Waals surface area contributed by atoms with E-state index in [0.717, 1.165) is 36.1 Å². The van der Waals surface area contributed by atoms with E-state index in [1.165, 1.54) is 5.56 Å². The van der Waals surface area contributed by atoms with Crippen LogP contribution in [0.2, 0.25) is 0 Å². The van der Waals surface area contributed by atoms with Crippen molar-refractivity contribution in [2.75, 3.05) is 13.2 Å². The van der Waals surface area contributed by atoms with Crippen LogP contribution in [0, 0.1) is 0 Å². The second-order valence-corrected chi connectivity index (χ2v) is 7.51. The van der Waals surface area contributed by atoms with Crippen LogP contribution in [0.5, 0.6) is 5.75 Å². The van der Waals surface area contributed by atoms with Crippen LogP contribution < -0.4 is 4.74 Å². The highest BCUT2D eigenvalue weighted by Crippen LogP contribution is 2.40. The fourth-order valence-electron chi connectivity index (χ4n) is 4.12. The van der Waals surface area contributed by atoms with Gasteiger partial charge in [0.1, 0.15) is 11.5 Å². The van der Waals surface area contributed by atoms with E-state index in [9.17, 15) is 14.7 Å². The summed E-state index contributed by atoms with van der Waals surface area (Å²) in [6.45, 7) is 5.12. The molecule has 1 amide bonds. The second kappa shape index (κ2) is 7.74. The lowest BCUT2D eigenvalue weighted by Crippen LogP contribution is -2.30. The van der Waals surface area contributed by atoms with Gasteiger partial charge in [-0.3, -0.25) is 9.59 Å². The number of ketones is 1. The van der Waals surface area contributed by atoms with Crippen molar-refractivity contribution in [3.05, 3.63) is 70.3 Å². The van der Waals surface area contributed by atoms with Crippen molar-refractivity contribution in [2.24, 2.45) is 0 Å². The zero-order chi connectivity index (χ0) is 20.5. The van der Waals surface area contributed by atoms with Gasteiger partial charge in [-0.2, -0.15) is 0 Å². The summed E-state index contributed by atoms with van der Waals surface area (Å²) in [5, 5.41) is 11.1. The van der Waals surface area contributed by atoms with Crippen LogP contribution >= 0.6 is 0 Å². The third-order valence-corrected chi connectivity index (χ3v) is 5.67. The number of likely N-dealkylation sites (tertiary alicyclic amines) is 1. The first kappa shape index (κ1) is 19.2. The Labute approximate surface area is 170 Å². The van der Waals surface area contributed by atoms with Gasteiger partial charge >= 0.3 is 0 Å². The molecule has 1 saturated heterocycles. The molecule has 1 fully saturated rings. The van der Waals surface area contributed by atoms with Gasteiger partial charge in [-0.15, -0.1) is 0 Å². The molecule has 5 nitrogen and oxygen atoms in total. The Morgan fingerprint density at radius 3 is 2.59 bits per heavy atom. The van der Waals surface area contributed by atoms with Crippen molar-refractivity contribution in [3.8, 4) is 5.75 Å². The molecule has 2 aromatic rings. The first-order chi connectivity index (χ1) is 14.0. The van der Waals surface area contributed by atoms with Gasteiger partial charge in [-0.1, -0.05) is 38.1 Å². The Hall–Kier alpha value is -3.08. The molecular formula is C24H25NO4. The first-order valence-corrected chi connectivity index (χ1v) is 10.2. The number of hydrogen-bond acceptors (Lipinski definition) is 4. The summed E-state index contributed by atoms with van der Waals surface area (Å²) < 4.78 is 5.53. The average Bonchev–Trinajstić information content (AvgIpc) is 3.31. The average molecular weight is 391 g/mol. The Kier molecular flexibility index (Phi) is 5.14. The number of aliphatic hydroxyl groups is 1. The summed E-state index contributed by atoms with van der Waals surface area (Å²) in [5.74, 6) is -0.499. The second-order valence-electron chi connectivity index (χ2n) is 7.51. The molecule has 1 atom stereocenters. The smallest absolute Gasteiger partial charge is 0.295 e. The van der Waals surface area contributed by atoms with Crippen LogP contribution in [-0.2, 0) is 22.4 Å². The summed E-state index contributed by atoms with van der Waals surface area (Å²) >= 11 is 0. The number of amides is 1. The lowest BCUT2D eigenvalue weighted by Gasteiger charge is -2.25. The summed E-state index contributed by atoms with van der Waals surface area (Å²) in [4.78, 5) is 27.2. The standard InChI is InChI=1S/C24H25NO4/c1-3-12-25-21(16-7-5-15(4-2)6-8-16)20(23(27)24(25)28)22(26)18-9-10-19-17(14-18)11-13-29-19/h5-10,14,21,26H,3-4,11-13H2,1-2H3/b22-20-. The van der Waals surface area contributed by atoms with Crippen molar-refractivity contribution >= 4 is 17.4 Å². The molecular weight excluding hydrogens is 366 g/mol. The summed E-state index contributed by atoms with van der Waals surface area (Å²) in [6, 6.07) is 12.7. The maximum Gasteiger partial charge on any atom is 0.295 e. The van der Waals surface area contributed by atoms with Crippen LogP contribution in [0.1, 0.15) is 48.6 Å². The number of carbonyl (C=O) groups is 2. The molecule has 5 heteroatoms. The maximum absolute atomic E-state index is 12.9. The van der Waals surface area contributed by atoms with Crippen LogP contribution in [0.4, 0.5) is 0 Å². The van der Waals surface area contributed by atoms with Gasteiger partial charge in [0.05, 0.1) is 18.2 Å². The molecule has 2 aliphatic rings. The lowest BCUT2D eigenvalue weighted by atomic mass is 9.94. The summed E-state index contributed by atoms with van der Waals surface area (Å²) in [6.07, 6.45) is 2.40. The lowest BCUT2D eigenvalue weighted by molar-refractivity contribution is -0.139. The van der Waals surface area contributed by atoms with Gasteiger partial charge in [-0.25, -0.2) is 0 Å². The van der Waals surface area contributed by atoms with E-state index in [4.69, 9.17) is 4.74 Å². The number of rotatable bonds is 5. The van der Waals surface area contributed by atoms with Crippen LogP contribution in [-0.4, -0.2) is 34.8 Å². The minimum Gasteiger partial charge on any atom is -0.507 e. The molecule has 29 heavy (non-hydrogen) atoms. The third kappa shape index (κ3) is 3.31. The zero-order valence-electron chi connectivity index (χ0n) is 16.8. The van der Waals surface area contributed by atoms with Crippen LogP contribution in [0.15, 0.2) is 48.0 Å². The van der Waals surface area contributed by atoms with Gasteiger partial charge in [0.2, 0.25) is 0 Å². The van der Waals surface area contributed by atoms with E-state index in [-0.39, 0.29) is 11.3 Å². The number of carbonyl (C=O) groups excluding carboxylic acids is 2. The highest BCUT2D eigenvalue weighted by Gasteiger charge is 2.45. The Morgan fingerprint density at radius 2 is 1.90 bits per heavy atom. The topological polar surface area (TPSA) is 66.8 Å². The number of Topliss-reactive ketones (excluding diaryl/α,β-unsaturated/α-hetero) is 1. The van der Waals surface area contributed by atoms with Gasteiger partial charge in [0.25, 0.3) is 11.7 Å². The molecule has 4 rings (SSSR count). The SMILES string of the molecule is CCCN1C(=O)C(=O)/C(=C(\O)c2ccc3c(c2)CCO3)C1c1ccc(CC)cc1. The van der Waals surface area contributed by atoms with Crippen molar-refractivity contribution in [1.82, 2.24) is 4.90 Å². The van der Waals surface area contributed by atoms with Gasteiger partial charge in [-0.05, 0) is 47.7 Å². The number of aryl methyl sites for hydroxylation is 1. The van der Waals surface area contributed by atoms with Crippen LogP contribution in [0.25, 0.3) is 5.76 Å². The van der Waals surface area contributed by atoms with Gasteiger partial charge in [0, 0.05) is 18.5 Å². The Balaban J connectivity index is 1.84. The Bertz CT molecular complexity index is 990. The third-order valence-electron chi connectivity index (χ3n) is 5.67. The van der Waals surface area contributed by atoms with Gasteiger partial charge < -0.3 is 14.7 Å². The molecule has 0 bridgehead atoms. The maximum atomic E-state index is 12.9. The van der Waals surface area contributed by atoms with Crippen molar-refractivity contribution < 1.29 is 19.4 Å². The molecule has 1 N–H and O–H groups in total. The van der Waals surface area contributed by atoms with Crippen molar-refractivity contribution in [3.63, 3.8) is 0 Å². The molecule has 2 aliphatic heterocycles. The predicted molar refractivity (Wildman–Crippen MR) is 111 cm³/mol. The number of benzene rings is 2. The van der Waals surface area contributed by atoms with Crippen molar-refractivity contribution in [2.45, 2.75) is 39.2 Å². The number of aliphatic hydroxyl groups excluding tert-OH is 1. The molecule has 1 unspecified atom stereocenters. The molecule has 150 valence electrons. The van der Waals surface area contributed by atoms with E-state index in [1.54, 1.807) is 11.0 Å². The minimum atomic E-state index is -0.628. The molecule has 0 spiro atoms. The Morgan fingerprint density at radius 1 is 1.14 bits per heavy atom. The van der Waals surface area contributed by atoms with E-state index in [2.05, 4.69) is 6.92 Å². The first-order valence-electron chi connectivity index (χ1n) is 10.2. The van der Waals surface area contributed by atoms with Crippen LogP contribution in [0.3, 0.4) is 0 Å². The minimum absolute atomic E-state index is 0.124. The molecule has 0 aliphatic carbocycles. The molecule has 2 heterocycles. The summed E-state index contributed by atoms with van der Waals surface area (Å²) in [7, 11) is 0. The quantitative estimate of drug-likeness (QED) is 0.475. The van der Waals surface area contributed by atoms with E-state index >= 15 is 0 Å². The molecule has 0 radical (unpaired) electrons. The number of fused-ring (bicyclic) bond motifs is 1. The largest absolute Gasteiger partial charge is 0.507 e. The number of hydrogen-bond donors (Lipinski definition) is 1. The molecule has 0 saturated carbocycles. The fraction of sp³-hybridized carbons (Fsp3) is 0.333.